The molecule has 6 heteroatoms. The molecule has 0 spiro atoms. The minimum atomic E-state index is -0.475. The third kappa shape index (κ3) is 4.11. The lowest BCUT2D eigenvalue weighted by Crippen LogP contribution is -2.32. The number of carbonyl (C=O) groups excluding carboxylic acids is 1. The second kappa shape index (κ2) is 9.20. The van der Waals surface area contributed by atoms with Gasteiger partial charge in [0.05, 0.1) is 29.9 Å². The van der Waals surface area contributed by atoms with Gasteiger partial charge < -0.3 is 14.7 Å². The Bertz CT molecular complexity index is 1380. The Morgan fingerprint density at radius 1 is 0.971 bits per heavy atom. The first-order valence-corrected chi connectivity index (χ1v) is 11.4. The van der Waals surface area contributed by atoms with Gasteiger partial charge in [0.25, 0.3) is 5.91 Å². The number of amides is 1. The smallest absolute Gasteiger partial charge is 0.289 e. The van der Waals surface area contributed by atoms with E-state index in [4.69, 9.17) is 21.3 Å². The number of aromatic nitrogens is 1. The van der Waals surface area contributed by atoms with E-state index in [0.29, 0.717) is 29.3 Å². The quantitative estimate of drug-likeness (QED) is 0.376. The first kappa shape index (κ1) is 22.0. The number of rotatable bonds is 6. The van der Waals surface area contributed by atoms with Crippen LogP contribution in [0.5, 0.6) is 5.75 Å². The predicted molar refractivity (Wildman–Crippen MR) is 134 cm³/mol. The highest BCUT2D eigenvalue weighted by molar-refractivity contribution is 6.30. The van der Waals surface area contributed by atoms with Crippen molar-refractivity contribution in [2.45, 2.75) is 12.5 Å². The Labute approximate surface area is 202 Å². The number of ether oxygens (including phenoxy) is 1. The van der Waals surface area contributed by atoms with Crippen molar-refractivity contribution in [3.05, 3.63) is 113 Å². The van der Waals surface area contributed by atoms with Crippen LogP contribution in [0.3, 0.4) is 0 Å². The van der Waals surface area contributed by atoms with Gasteiger partial charge in [-0.2, -0.15) is 0 Å². The summed E-state index contributed by atoms with van der Waals surface area (Å²) in [6.45, 7) is 0.430. The van der Waals surface area contributed by atoms with Crippen LogP contribution in [0, 0.1) is 0 Å². The number of halogens is 1. The lowest BCUT2D eigenvalue weighted by molar-refractivity contribution is -0.129. The minimum absolute atomic E-state index is 0.266. The summed E-state index contributed by atoms with van der Waals surface area (Å²) in [6.07, 6.45) is 0.630. The maximum atomic E-state index is 13.3. The molecule has 0 saturated carbocycles. The fraction of sp³-hybridized carbons (Fsp3) is 0.143. The van der Waals surface area contributed by atoms with Gasteiger partial charge >= 0.3 is 0 Å². The van der Waals surface area contributed by atoms with Gasteiger partial charge in [-0.05, 0) is 53.9 Å². The topological polar surface area (TPSA) is 62.7 Å². The highest BCUT2D eigenvalue weighted by atomic mass is 35.5. The van der Waals surface area contributed by atoms with E-state index in [-0.39, 0.29) is 5.76 Å². The maximum absolute atomic E-state index is 13.3. The molecule has 1 unspecified atom stereocenters. The van der Waals surface area contributed by atoms with Crippen molar-refractivity contribution in [1.29, 1.82) is 0 Å². The Morgan fingerprint density at radius 3 is 2.44 bits per heavy atom. The molecule has 2 heterocycles. The molecule has 1 aliphatic heterocycles. The van der Waals surface area contributed by atoms with Crippen LogP contribution in [-0.2, 0) is 11.2 Å². The van der Waals surface area contributed by atoms with E-state index in [1.165, 1.54) is 0 Å². The van der Waals surface area contributed by atoms with E-state index in [1.54, 1.807) is 24.1 Å². The number of carbonyl (C=O) groups is 1. The van der Waals surface area contributed by atoms with Crippen LogP contribution >= 0.6 is 11.6 Å². The van der Waals surface area contributed by atoms with Crippen LogP contribution in [0.4, 0.5) is 0 Å². The summed E-state index contributed by atoms with van der Waals surface area (Å²) < 4.78 is 5.23. The summed E-state index contributed by atoms with van der Waals surface area (Å²) >= 11 is 6.13. The molecule has 1 amide bonds. The van der Waals surface area contributed by atoms with E-state index in [1.807, 2.05) is 72.8 Å². The zero-order valence-corrected chi connectivity index (χ0v) is 19.4. The average molecular weight is 471 g/mol. The Hall–Kier alpha value is -3.83. The lowest BCUT2D eigenvalue weighted by atomic mass is 9.96. The SMILES string of the molecule is COc1ccc(CCN2C(=O)C(O)=C(c3ccc4ccccc4n3)C2c2ccc(Cl)cc2)cc1. The highest BCUT2D eigenvalue weighted by Gasteiger charge is 2.41. The second-order valence-electron chi connectivity index (χ2n) is 8.20. The number of pyridine rings is 1. The molecule has 170 valence electrons. The summed E-state index contributed by atoms with van der Waals surface area (Å²) in [5.74, 6) is 0.111. The van der Waals surface area contributed by atoms with Gasteiger partial charge in [0.1, 0.15) is 5.75 Å². The fourth-order valence-corrected chi connectivity index (χ4v) is 4.52. The van der Waals surface area contributed by atoms with Crippen LogP contribution in [0.15, 0.2) is 90.7 Å². The predicted octanol–water partition coefficient (Wildman–Crippen LogP) is 5.99. The number of hydrogen-bond donors (Lipinski definition) is 1. The zero-order valence-electron chi connectivity index (χ0n) is 18.6. The standard InChI is InChI=1S/C28H23ClN2O3/c1-34-22-13-6-18(7-14-22)16-17-31-26(20-8-11-21(29)12-9-20)25(27(32)28(31)33)24-15-10-19-4-2-3-5-23(19)30-24/h2-15,26,32H,16-17H2,1H3. The Kier molecular flexibility index (Phi) is 5.95. The fourth-order valence-electron chi connectivity index (χ4n) is 4.40. The summed E-state index contributed by atoms with van der Waals surface area (Å²) in [5.41, 5.74) is 3.82. The van der Waals surface area contributed by atoms with Crippen LogP contribution in [-0.4, -0.2) is 34.6 Å². The lowest BCUT2D eigenvalue weighted by Gasteiger charge is -2.27. The molecular formula is C28H23ClN2O3. The molecule has 3 aromatic carbocycles. The third-order valence-corrected chi connectivity index (χ3v) is 6.42. The van der Waals surface area contributed by atoms with Crippen LogP contribution in [0.1, 0.15) is 22.9 Å². The van der Waals surface area contributed by atoms with Crippen LogP contribution in [0.25, 0.3) is 16.5 Å². The van der Waals surface area contributed by atoms with Crippen molar-refractivity contribution in [2.75, 3.05) is 13.7 Å². The number of aliphatic hydroxyl groups is 1. The molecule has 1 atom stereocenters. The average Bonchev–Trinajstić information content (AvgIpc) is 3.13. The van der Waals surface area contributed by atoms with Crippen LogP contribution < -0.4 is 4.74 Å². The summed E-state index contributed by atoms with van der Waals surface area (Å²) in [7, 11) is 1.63. The maximum Gasteiger partial charge on any atom is 0.289 e. The van der Waals surface area contributed by atoms with Gasteiger partial charge in [-0.3, -0.25) is 4.79 Å². The van der Waals surface area contributed by atoms with Crippen molar-refractivity contribution < 1.29 is 14.6 Å². The number of nitrogens with zero attached hydrogens (tertiary/aromatic N) is 2. The normalized spacial score (nSPS) is 15.9. The molecule has 1 aromatic heterocycles. The largest absolute Gasteiger partial charge is 0.503 e. The Morgan fingerprint density at radius 2 is 1.71 bits per heavy atom. The van der Waals surface area contributed by atoms with Crippen molar-refractivity contribution >= 4 is 34.0 Å². The van der Waals surface area contributed by atoms with Crippen molar-refractivity contribution in [3.63, 3.8) is 0 Å². The molecule has 4 aromatic rings. The minimum Gasteiger partial charge on any atom is -0.503 e. The number of benzene rings is 3. The molecule has 0 saturated heterocycles. The van der Waals surface area contributed by atoms with Gasteiger partial charge in [0.15, 0.2) is 5.76 Å². The van der Waals surface area contributed by atoms with Gasteiger partial charge in [-0.25, -0.2) is 4.98 Å². The first-order chi connectivity index (χ1) is 16.5. The van der Waals surface area contributed by atoms with Crippen molar-refractivity contribution in [2.24, 2.45) is 0 Å². The molecule has 0 radical (unpaired) electrons. The highest BCUT2D eigenvalue weighted by Crippen LogP contribution is 2.43. The van der Waals surface area contributed by atoms with Gasteiger partial charge in [-0.1, -0.05) is 60.1 Å². The van der Waals surface area contributed by atoms with E-state index in [0.717, 1.165) is 27.8 Å². The van der Waals surface area contributed by atoms with E-state index < -0.39 is 11.9 Å². The van der Waals surface area contributed by atoms with Gasteiger partial charge in [-0.15, -0.1) is 0 Å². The van der Waals surface area contributed by atoms with Gasteiger partial charge in [0.2, 0.25) is 0 Å². The number of methoxy groups -OCH3 is 1. The van der Waals surface area contributed by atoms with Crippen molar-refractivity contribution in [1.82, 2.24) is 9.88 Å². The van der Waals surface area contributed by atoms with Crippen LogP contribution in [0.2, 0.25) is 5.02 Å². The molecule has 1 aliphatic rings. The second-order valence-corrected chi connectivity index (χ2v) is 8.64. The summed E-state index contributed by atoms with van der Waals surface area (Å²) in [5, 5.41) is 12.6. The zero-order chi connectivity index (χ0) is 23.7. The van der Waals surface area contributed by atoms with E-state index >= 15 is 0 Å². The number of hydrogen-bond acceptors (Lipinski definition) is 4. The summed E-state index contributed by atoms with van der Waals surface area (Å²) in [4.78, 5) is 19.7. The van der Waals surface area contributed by atoms with E-state index in [2.05, 4.69) is 0 Å². The molecule has 34 heavy (non-hydrogen) atoms. The number of para-hydroxylation sites is 1. The molecule has 0 fully saturated rings. The monoisotopic (exact) mass is 470 g/mol. The first-order valence-electron chi connectivity index (χ1n) is 11.0. The number of fused-ring (bicyclic) bond motifs is 1. The van der Waals surface area contributed by atoms with E-state index in [9.17, 15) is 9.90 Å². The van der Waals surface area contributed by atoms with Gasteiger partial charge in [0, 0.05) is 17.0 Å². The summed E-state index contributed by atoms with van der Waals surface area (Å²) in [6, 6.07) is 26.3. The molecule has 0 bridgehead atoms. The molecule has 1 N–H and O–H groups in total. The number of aliphatic hydroxyl groups excluding tert-OH is 1. The third-order valence-electron chi connectivity index (χ3n) is 6.16. The van der Waals surface area contributed by atoms with Crippen molar-refractivity contribution in [3.8, 4) is 5.75 Å². The molecule has 0 aliphatic carbocycles. The molecule has 5 rings (SSSR count). The Balaban J connectivity index is 1.53. The molecule has 5 nitrogen and oxygen atoms in total. The molecular weight excluding hydrogens is 448 g/mol.